The molecular formula is C8H17NO2. The van der Waals surface area contributed by atoms with Crippen molar-refractivity contribution in [2.45, 2.75) is 18.9 Å². The fourth-order valence-electron chi connectivity index (χ4n) is 1.51. The van der Waals surface area contributed by atoms with Gasteiger partial charge in [0.15, 0.2) is 0 Å². The second-order valence-electron chi connectivity index (χ2n) is 3.12. The number of aliphatic hydroxyl groups is 1. The molecule has 0 unspecified atom stereocenters. The number of rotatable bonds is 4. The Labute approximate surface area is 68.0 Å². The molecule has 0 spiro atoms. The van der Waals surface area contributed by atoms with Gasteiger partial charge in [-0.2, -0.15) is 0 Å². The Morgan fingerprint density at radius 3 is 2.64 bits per heavy atom. The van der Waals surface area contributed by atoms with Crippen molar-refractivity contribution in [3.8, 4) is 0 Å². The van der Waals surface area contributed by atoms with E-state index in [4.69, 9.17) is 4.74 Å². The first-order chi connectivity index (χ1) is 5.33. The minimum atomic E-state index is -0.307. The molecule has 0 amide bonds. The highest BCUT2D eigenvalue weighted by Crippen LogP contribution is 2.07. The van der Waals surface area contributed by atoms with Gasteiger partial charge in [-0.25, -0.2) is 0 Å². The van der Waals surface area contributed by atoms with Gasteiger partial charge in [0.2, 0.25) is 0 Å². The van der Waals surface area contributed by atoms with Crippen molar-refractivity contribution < 1.29 is 9.84 Å². The highest BCUT2D eigenvalue weighted by Gasteiger charge is 2.14. The summed E-state index contributed by atoms with van der Waals surface area (Å²) in [4.78, 5) is 2.28. The van der Waals surface area contributed by atoms with Gasteiger partial charge in [-0.1, -0.05) is 0 Å². The van der Waals surface area contributed by atoms with Crippen LogP contribution in [0.1, 0.15) is 12.8 Å². The molecule has 0 saturated carbocycles. The Hall–Kier alpha value is -0.120. The Balaban J connectivity index is 2.08. The van der Waals surface area contributed by atoms with E-state index in [1.807, 2.05) is 0 Å². The lowest BCUT2D eigenvalue weighted by Crippen LogP contribution is -2.32. The highest BCUT2D eigenvalue weighted by atomic mass is 16.5. The largest absolute Gasteiger partial charge is 0.389 e. The van der Waals surface area contributed by atoms with Gasteiger partial charge in [-0.15, -0.1) is 0 Å². The summed E-state index contributed by atoms with van der Waals surface area (Å²) in [5.41, 5.74) is 0. The van der Waals surface area contributed by atoms with Gasteiger partial charge in [0.05, 0.1) is 12.7 Å². The number of likely N-dealkylation sites (tertiary alicyclic amines) is 1. The number of ether oxygens (including phenoxy) is 1. The maximum atomic E-state index is 9.34. The second kappa shape index (κ2) is 4.70. The zero-order valence-corrected chi connectivity index (χ0v) is 7.12. The summed E-state index contributed by atoms with van der Waals surface area (Å²) in [6.45, 7) is 3.51. The molecule has 3 heteroatoms. The lowest BCUT2D eigenvalue weighted by molar-refractivity contribution is 0.0429. The van der Waals surface area contributed by atoms with Crippen molar-refractivity contribution in [2.24, 2.45) is 0 Å². The van der Waals surface area contributed by atoms with Gasteiger partial charge in [-0.05, 0) is 25.9 Å². The molecule has 3 nitrogen and oxygen atoms in total. The quantitative estimate of drug-likeness (QED) is 0.631. The van der Waals surface area contributed by atoms with Gasteiger partial charge < -0.3 is 14.7 Å². The Morgan fingerprint density at radius 2 is 2.09 bits per heavy atom. The number of aliphatic hydroxyl groups excluding tert-OH is 1. The first kappa shape index (κ1) is 8.97. The normalized spacial score (nSPS) is 22.4. The minimum Gasteiger partial charge on any atom is -0.389 e. The molecule has 1 fully saturated rings. The zero-order chi connectivity index (χ0) is 8.10. The summed E-state index contributed by atoms with van der Waals surface area (Å²) in [6, 6.07) is 0. The zero-order valence-electron chi connectivity index (χ0n) is 7.12. The van der Waals surface area contributed by atoms with Crippen LogP contribution in [0.25, 0.3) is 0 Å². The van der Waals surface area contributed by atoms with Crippen LogP contribution < -0.4 is 0 Å². The molecule has 0 aromatic rings. The van der Waals surface area contributed by atoms with Gasteiger partial charge in [0.1, 0.15) is 0 Å². The van der Waals surface area contributed by atoms with Crippen LogP contribution in [0.2, 0.25) is 0 Å². The Bertz CT molecular complexity index is 102. The number of nitrogens with zero attached hydrogens (tertiary/aromatic N) is 1. The number of methoxy groups -OCH3 is 1. The third kappa shape index (κ3) is 3.18. The first-order valence-electron chi connectivity index (χ1n) is 4.22. The molecular weight excluding hydrogens is 142 g/mol. The summed E-state index contributed by atoms with van der Waals surface area (Å²) in [6.07, 6.45) is 2.25. The monoisotopic (exact) mass is 159 g/mol. The van der Waals surface area contributed by atoms with Crippen molar-refractivity contribution in [2.75, 3.05) is 33.4 Å². The summed E-state index contributed by atoms with van der Waals surface area (Å²) in [5, 5.41) is 9.34. The maximum absolute atomic E-state index is 9.34. The van der Waals surface area contributed by atoms with Crippen LogP contribution in [0.15, 0.2) is 0 Å². The Kier molecular flexibility index (Phi) is 3.83. The molecule has 66 valence electrons. The van der Waals surface area contributed by atoms with Crippen molar-refractivity contribution >= 4 is 0 Å². The molecule has 0 radical (unpaired) electrons. The molecule has 1 saturated heterocycles. The SMILES string of the molecule is COC[C@H](O)CN1CCCC1. The van der Waals surface area contributed by atoms with Crippen molar-refractivity contribution in [3.05, 3.63) is 0 Å². The van der Waals surface area contributed by atoms with Crippen molar-refractivity contribution in [1.29, 1.82) is 0 Å². The van der Waals surface area contributed by atoms with E-state index in [1.165, 1.54) is 12.8 Å². The fourth-order valence-corrected chi connectivity index (χ4v) is 1.51. The van der Waals surface area contributed by atoms with E-state index in [2.05, 4.69) is 4.90 Å². The predicted molar refractivity (Wildman–Crippen MR) is 43.6 cm³/mol. The molecule has 1 aliphatic rings. The van der Waals surface area contributed by atoms with E-state index in [1.54, 1.807) is 7.11 Å². The summed E-state index contributed by atoms with van der Waals surface area (Å²) in [7, 11) is 1.62. The molecule has 0 aromatic heterocycles. The standard InChI is InChI=1S/C8H17NO2/c1-11-7-8(10)6-9-4-2-3-5-9/h8,10H,2-7H2,1H3/t8-/m1/s1. The fraction of sp³-hybridized carbons (Fsp3) is 1.00. The molecule has 1 rings (SSSR count). The molecule has 0 aliphatic carbocycles. The van der Waals surface area contributed by atoms with Gasteiger partial charge in [-0.3, -0.25) is 0 Å². The van der Waals surface area contributed by atoms with Crippen LogP contribution in [0.4, 0.5) is 0 Å². The van der Waals surface area contributed by atoms with Crippen LogP contribution in [-0.2, 0) is 4.74 Å². The van der Waals surface area contributed by atoms with Gasteiger partial charge in [0.25, 0.3) is 0 Å². The van der Waals surface area contributed by atoms with Crippen LogP contribution in [0, 0.1) is 0 Å². The van der Waals surface area contributed by atoms with E-state index in [9.17, 15) is 5.11 Å². The van der Waals surface area contributed by atoms with E-state index in [-0.39, 0.29) is 6.10 Å². The third-order valence-electron chi connectivity index (χ3n) is 2.03. The first-order valence-corrected chi connectivity index (χ1v) is 4.22. The Morgan fingerprint density at radius 1 is 1.45 bits per heavy atom. The predicted octanol–water partition coefficient (Wildman–Crippen LogP) is 0.0895. The smallest absolute Gasteiger partial charge is 0.0900 e. The third-order valence-corrected chi connectivity index (χ3v) is 2.03. The molecule has 0 aromatic carbocycles. The average Bonchev–Trinajstić information content (AvgIpc) is 2.40. The molecule has 11 heavy (non-hydrogen) atoms. The van der Waals surface area contributed by atoms with E-state index in [0.717, 1.165) is 19.6 Å². The van der Waals surface area contributed by atoms with Crippen LogP contribution in [0.3, 0.4) is 0 Å². The van der Waals surface area contributed by atoms with Crippen LogP contribution in [-0.4, -0.2) is 49.5 Å². The highest BCUT2D eigenvalue weighted by molar-refractivity contribution is 4.69. The molecule has 1 heterocycles. The summed E-state index contributed by atoms with van der Waals surface area (Å²) in [5.74, 6) is 0. The van der Waals surface area contributed by atoms with Crippen molar-refractivity contribution in [3.63, 3.8) is 0 Å². The number of hydrogen-bond acceptors (Lipinski definition) is 3. The molecule has 1 atom stereocenters. The number of β-amino-alcohol motifs (C(OH)–C–C–N with tert-alkyl or cyclic N) is 1. The van der Waals surface area contributed by atoms with E-state index in [0.29, 0.717) is 6.61 Å². The molecule has 1 aliphatic heterocycles. The summed E-state index contributed by atoms with van der Waals surface area (Å²) >= 11 is 0. The maximum Gasteiger partial charge on any atom is 0.0900 e. The topological polar surface area (TPSA) is 32.7 Å². The molecule has 0 bridgehead atoms. The van der Waals surface area contributed by atoms with E-state index >= 15 is 0 Å². The summed E-state index contributed by atoms with van der Waals surface area (Å²) < 4.78 is 4.84. The van der Waals surface area contributed by atoms with Gasteiger partial charge in [0, 0.05) is 13.7 Å². The number of hydrogen-bond donors (Lipinski definition) is 1. The average molecular weight is 159 g/mol. The lowest BCUT2D eigenvalue weighted by atomic mass is 10.3. The van der Waals surface area contributed by atoms with Crippen LogP contribution in [0.5, 0.6) is 0 Å². The van der Waals surface area contributed by atoms with Gasteiger partial charge >= 0.3 is 0 Å². The lowest BCUT2D eigenvalue weighted by Gasteiger charge is -2.18. The minimum absolute atomic E-state index is 0.307. The second-order valence-corrected chi connectivity index (χ2v) is 3.12. The molecule has 1 N–H and O–H groups in total. The van der Waals surface area contributed by atoms with Crippen molar-refractivity contribution in [1.82, 2.24) is 4.90 Å². The van der Waals surface area contributed by atoms with E-state index < -0.39 is 0 Å². The van der Waals surface area contributed by atoms with Crippen LogP contribution >= 0.6 is 0 Å².